The van der Waals surface area contributed by atoms with E-state index >= 15 is 0 Å². The van der Waals surface area contributed by atoms with Gasteiger partial charge in [-0.2, -0.15) is 0 Å². The number of carbonyl (C=O) groups excluding carboxylic acids is 2. The van der Waals surface area contributed by atoms with E-state index < -0.39 is 18.0 Å². The van der Waals surface area contributed by atoms with Gasteiger partial charge in [-0.15, -0.1) is 0 Å². The van der Waals surface area contributed by atoms with Gasteiger partial charge in [0.15, 0.2) is 17.6 Å². The second-order valence-electron chi connectivity index (χ2n) is 6.88. The van der Waals surface area contributed by atoms with Crippen LogP contribution in [0, 0.1) is 0 Å². The number of anilines is 1. The lowest BCUT2D eigenvalue weighted by Crippen LogP contribution is -2.30. The number of hydrogen-bond donors (Lipinski definition) is 1. The van der Waals surface area contributed by atoms with Gasteiger partial charge < -0.3 is 24.3 Å². The van der Waals surface area contributed by atoms with Gasteiger partial charge in [-0.25, -0.2) is 4.79 Å². The van der Waals surface area contributed by atoms with Crippen molar-refractivity contribution in [2.24, 2.45) is 0 Å². The first-order valence-electron chi connectivity index (χ1n) is 9.94. The molecule has 0 radical (unpaired) electrons. The van der Waals surface area contributed by atoms with Crippen molar-refractivity contribution in [3.05, 3.63) is 72.3 Å². The van der Waals surface area contributed by atoms with Crippen LogP contribution in [0.15, 0.2) is 66.7 Å². The van der Waals surface area contributed by atoms with Gasteiger partial charge in [-0.3, -0.25) is 4.79 Å². The minimum absolute atomic E-state index is 0.137. The first-order chi connectivity index (χ1) is 15.5. The molecule has 0 aliphatic rings. The van der Waals surface area contributed by atoms with Crippen molar-refractivity contribution in [2.75, 3.05) is 26.6 Å². The summed E-state index contributed by atoms with van der Waals surface area (Å²) in [5, 5.41) is 2.71. The maximum Gasteiger partial charge on any atom is 0.340 e. The van der Waals surface area contributed by atoms with Crippen molar-refractivity contribution < 1.29 is 28.5 Å². The highest BCUT2D eigenvalue weighted by atomic mass is 16.5. The zero-order valence-corrected chi connectivity index (χ0v) is 18.4. The molecule has 0 aliphatic heterocycles. The molecular weight excluding hydrogens is 410 g/mol. The van der Waals surface area contributed by atoms with E-state index in [1.807, 2.05) is 54.6 Å². The summed E-state index contributed by atoms with van der Waals surface area (Å²) in [4.78, 5) is 25.0. The van der Waals surface area contributed by atoms with Crippen LogP contribution in [0.25, 0.3) is 11.1 Å². The molecule has 1 amide bonds. The van der Waals surface area contributed by atoms with Crippen LogP contribution in [0.5, 0.6) is 17.2 Å². The van der Waals surface area contributed by atoms with E-state index in [-0.39, 0.29) is 11.3 Å². The lowest BCUT2D eigenvalue weighted by molar-refractivity contribution is -0.122. The number of nitrogens with one attached hydrogen (secondary N) is 1. The van der Waals surface area contributed by atoms with Crippen LogP contribution in [0.1, 0.15) is 17.3 Å². The van der Waals surface area contributed by atoms with Gasteiger partial charge in [0.25, 0.3) is 5.91 Å². The Morgan fingerprint density at radius 3 is 2.00 bits per heavy atom. The number of carbonyl (C=O) groups is 2. The fraction of sp³-hybridized carbons (Fsp3) is 0.200. The summed E-state index contributed by atoms with van der Waals surface area (Å²) < 4.78 is 21.1. The van der Waals surface area contributed by atoms with Crippen LogP contribution < -0.4 is 19.5 Å². The van der Waals surface area contributed by atoms with Crippen molar-refractivity contribution >= 4 is 17.6 Å². The first kappa shape index (κ1) is 22.7. The number of hydrogen-bond acceptors (Lipinski definition) is 6. The molecule has 0 bridgehead atoms. The van der Waals surface area contributed by atoms with Gasteiger partial charge >= 0.3 is 5.97 Å². The van der Waals surface area contributed by atoms with Crippen LogP contribution >= 0.6 is 0 Å². The second kappa shape index (κ2) is 10.3. The molecule has 0 heterocycles. The molecule has 7 heteroatoms. The largest absolute Gasteiger partial charge is 0.493 e. The molecule has 32 heavy (non-hydrogen) atoms. The average Bonchev–Trinajstić information content (AvgIpc) is 2.84. The van der Waals surface area contributed by atoms with E-state index in [2.05, 4.69) is 5.32 Å². The zero-order chi connectivity index (χ0) is 23.1. The Hall–Kier alpha value is -4.00. The Morgan fingerprint density at radius 1 is 0.812 bits per heavy atom. The number of ether oxygens (including phenoxy) is 4. The second-order valence-corrected chi connectivity index (χ2v) is 6.88. The number of methoxy groups -OCH3 is 3. The molecule has 0 fully saturated rings. The SMILES string of the molecule is COC(=O)c1cc(OC)c(OC)cc1NC(=O)[C@H](C)Oc1ccc(-c2ccccc2)cc1. The maximum atomic E-state index is 12.8. The monoisotopic (exact) mass is 435 g/mol. The minimum Gasteiger partial charge on any atom is -0.493 e. The third kappa shape index (κ3) is 5.18. The average molecular weight is 435 g/mol. The smallest absolute Gasteiger partial charge is 0.340 e. The third-order valence-corrected chi connectivity index (χ3v) is 4.83. The Bertz CT molecular complexity index is 1080. The lowest BCUT2D eigenvalue weighted by Gasteiger charge is -2.18. The lowest BCUT2D eigenvalue weighted by atomic mass is 10.1. The van der Waals surface area contributed by atoms with E-state index in [9.17, 15) is 9.59 Å². The van der Waals surface area contributed by atoms with Crippen molar-refractivity contribution in [2.45, 2.75) is 13.0 Å². The molecule has 0 aliphatic carbocycles. The van der Waals surface area contributed by atoms with Crippen LogP contribution in [0.2, 0.25) is 0 Å². The quantitative estimate of drug-likeness (QED) is 0.522. The van der Waals surface area contributed by atoms with Crippen LogP contribution in [0.3, 0.4) is 0 Å². The molecule has 3 rings (SSSR count). The van der Waals surface area contributed by atoms with Gasteiger partial charge in [0, 0.05) is 12.1 Å². The van der Waals surface area contributed by atoms with E-state index in [0.29, 0.717) is 17.2 Å². The standard InChI is InChI=1S/C25H25NO6/c1-16(32-19-12-10-18(11-13-19)17-8-6-5-7-9-17)24(27)26-21-15-23(30-3)22(29-2)14-20(21)25(28)31-4/h5-16H,1-4H3,(H,26,27)/t16-/m0/s1. The van der Waals surface area contributed by atoms with Crippen molar-refractivity contribution in [1.82, 2.24) is 0 Å². The van der Waals surface area contributed by atoms with Crippen LogP contribution in [-0.2, 0) is 9.53 Å². The first-order valence-corrected chi connectivity index (χ1v) is 9.94. The Balaban J connectivity index is 1.74. The molecule has 0 saturated carbocycles. The summed E-state index contributed by atoms with van der Waals surface area (Å²) in [6.07, 6.45) is -0.823. The van der Waals surface area contributed by atoms with E-state index in [0.717, 1.165) is 11.1 Å². The summed E-state index contributed by atoms with van der Waals surface area (Å²) in [7, 11) is 4.18. The van der Waals surface area contributed by atoms with E-state index in [1.54, 1.807) is 6.92 Å². The minimum atomic E-state index is -0.823. The van der Waals surface area contributed by atoms with Crippen molar-refractivity contribution in [1.29, 1.82) is 0 Å². The number of rotatable bonds is 8. The summed E-state index contributed by atoms with van der Waals surface area (Å²) in [6.45, 7) is 1.62. The molecule has 0 unspecified atom stereocenters. The summed E-state index contributed by atoms with van der Waals surface area (Å²) >= 11 is 0. The van der Waals surface area contributed by atoms with Crippen LogP contribution in [-0.4, -0.2) is 39.3 Å². The van der Waals surface area contributed by atoms with Gasteiger partial charge in [0.1, 0.15) is 5.75 Å². The molecule has 1 N–H and O–H groups in total. The molecular formula is C25H25NO6. The molecule has 166 valence electrons. The molecule has 0 aromatic heterocycles. The Labute approximate surface area is 186 Å². The highest BCUT2D eigenvalue weighted by molar-refractivity contribution is 6.03. The van der Waals surface area contributed by atoms with Crippen molar-refractivity contribution in [3.8, 4) is 28.4 Å². The topological polar surface area (TPSA) is 83.1 Å². The molecule has 1 atom stereocenters. The predicted octanol–water partition coefficient (Wildman–Crippen LogP) is 4.56. The van der Waals surface area contributed by atoms with E-state index in [1.165, 1.54) is 33.5 Å². The van der Waals surface area contributed by atoms with Crippen molar-refractivity contribution in [3.63, 3.8) is 0 Å². The normalized spacial score (nSPS) is 11.2. The number of benzene rings is 3. The highest BCUT2D eigenvalue weighted by Crippen LogP contribution is 2.34. The fourth-order valence-electron chi connectivity index (χ4n) is 3.11. The molecule has 3 aromatic rings. The summed E-state index contributed by atoms with van der Waals surface area (Å²) in [6, 6.07) is 20.4. The number of esters is 1. The van der Waals surface area contributed by atoms with Gasteiger partial charge in [0.2, 0.25) is 0 Å². The predicted molar refractivity (Wildman–Crippen MR) is 121 cm³/mol. The highest BCUT2D eigenvalue weighted by Gasteiger charge is 2.22. The number of amides is 1. The Kier molecular flexibility index (Phi) is 7.33. The summed E-state index contributed by atoms with van der Waals surface area (Å²) in [5.41, 5.74) is 2.50. The Morgan fingerprint density at radius 2 is 1.41 bits per heavy atom. The third-order valence-electron chi connectivity index (χ3n) is 4.83. The van der Waals surface area contributed by atoms with Gasteiger partial charge in [0.05, 0.1) is 32.6 Å². The van der Waals surface area contributed by atoms with Gasteiger partial charge in [-0.05, 0) is 30.2 Å². The zero-order valence-electron chi connectivity index (χ0n) is 18.4. The van der Waals surface area contributed by atoms with Crippen LogP contribution in [0.4, 0.5) is 5.69 Å². The summed E-state index contributed by atoms with van der Waals surface area (Å²) in [5.74, 6) is 0.197. The molecule has 0 saturated heterocycles. The van der Waals surface area contributed by atoms with E-state index in [4.69, 9.17) is 18.9 Å². The maximum absolute atomic E-state index is 12.8. The fourth-order valence-corrected chi connectivity index (χ4v) is 3.11. The molecule has 7 nitrogen and oxygen atoms in total. The molecule has 3 aromatic carbocycles. The molecule has 0 spiro atoms. The van der Waals surface area contributed by atoms with Gasteiger partial charge in [-0.1, -0.05) is 42.5 Å².